The predicted molar refractivity (Wildman–Crippen MR) is 149 cm³/mol. The minimum atomic E-state index is -1.44. The van der Waals surface area contributed by atoms with Gasteiger partial charge in [0.2, 0.25) is 5.78 Å². The third-order valence-corrected chi connectivity index (χ3v) is 6.62. The van der Waals surface area contributed by atoms with E-state index in [4.69, 9.17) is 9.47 Å². The SMILES string of the molecule is CO[C@]1([C@H](c2ccccc2)N(Cc2ccccc2)C(=O)OC(C)(C)C)C(=O)C(c2ccccc2)=C1N(C)C. The Morgan fingerprint density at radius 3 is 1.89 bits per heavy atom. The number of hydrogen-bond donors (Lipinski definition) is 0. The van der Waals surface area contributed by atoms with Gasteiger partial charge in [0, 0.05) is 27.7 Å². The summed E-state index contributed by atoms with van der Waals surface area (Å²) in [6.45, 7) is 5.74. The summed E-state index contributed by atoms with van der Waals surface area (Å²) in [6, 6.07) is 28.1. The zero-order valence-corrected chi connectivity index (χ0v) is 23.0. The van der Waals surface area contributed by atoms with Crippen molar-refractivity contribution in [1.82, 2.24) is 9.80 Å². The first-order valence-electron chi connectivity index (χ1n) is 12.8. The molecule has 2 atom stereocenters. The van der Waals surface area contributed by atoms with Gasteiger partial charge in [0.15, 0.2) is 5.60 Å². The van der Waals surface area contributed by atoms with Crippen molar-refractivity contribution in [3.8, 4) is 0 Å². The second-order valence-corrected chi connectivity index (χ2v) is 10.7. The van der Waals surface area contributed by atoms with E-state index >= 15 is 0 Å². The topological polar surface area (TPSA) is 59.1 Å². The molecule has 0 unspecified atom stereocenters. The van der Waals surface area contributed by atoms with E-state index in [9.17, 15) is 9.59 Å². The first-order valence-corrected chi connectivity index (χ1v) is 12.8. The summed E-state index contributed by atoms with van der Waals surface area (Å²) >= 11 is 0. The van der Waals surface area contributed by atoms with E-state index < -0.39 is 23.3 Å². The van der Waals surface area contributed by atoms with Crippen LogP contribution in [0.1, 0.15) is 43.5 Å². The van der Waals surface area contributed by atoms with Crippen LogP contribution in [0.3, 0.4) is 0 Å². The molecule has 0 heterocycles. The van der Waals surface area contributed by atoms with Gasteiger partial charge in [-0.15, -0.1) is 0 Å². The number of benzene rings is 3. The van der Waals surface area contributed by atoms with Crippen molar-refractivity contribution in [1.29, 1.82) is 0 Å². The minimum Gasteiger partial charge on any atom is -0.444 e. The molecular formula is C32H36N2O4. The highest BCUT2D eigenvalue weighted by Crippen LogP contribution is 2.53. The van der Waals surface area contributed by atoms with Gasteiger partial charge >= 0.3 is 6.09 Å². The smallest absolute Gasteiger partial charge is 0.411 e. The van der Waals surface area contributed by atoms with Crippen LogP contribution in [-0.2, 0) is 20.8 Å². The Balaban J connectivity index is 1.96. The number of carbonyl (C=O) groups is 2. The molecule has 0 aliphatic heterocycles. The molecule has 6 nitrogen and oxygen atoms in total. The molecule has 0 spiro atoms. The van der Waals surface area contributed by atoms with E-state index in [0.717, 1.165) is 16.7 Å². The molecule has 0 radical (unpaired) electrons. The lowest BCUT2D eigenvalue weighted by Gasteiger charge is -2.52. The van der Waals surface area contributed by atoms with Crippen molar-refractivity contribution in [2.24, 2.45) is 0 Å². The second kappa shape index (κ2) is 10.8. The lowest BCUT2D eigenvalue weighted by atomic mass is 9.66. The molecule has 4 rings (SSSR count). The van der Waals surface area contributed by atoms with Gasteiger partial charge in [-0.05, 0) is 37.5 Å². The van der Waals surface area contributed by atoms with Crippen LogP contribution < -0.4 is 0 Å². The van der Waals surface area contributed by atoms with Crippen LogP contribution >= 0.6 is 0 Å². The van der Waals surface area contributed by atoms with Gasteiger partial charge in [0.25, 0.3) is 0 Å². The van der Waals surface area contributed by atoms with E-state index in [-0.39, 0.29) is 12.3 Å². The third kappa shape index (κ3) is 5.09. The van der Waals surface area contributed by atoms with Gasteiger partial charge in [0.1, 0.15) is 11.6 Å². The molecule has 3 aromatic carbocycles. The number of Topliss-reactive ketones (excluding diaryl/α,β-unsaturated/α-hetero) is 1. The summed E-state index contributed by atoms with van der Waals surface area (Å²) in [7, 11) is 5.33. The molecule has 198 valence electrons. The fourth-order valence-corrected chi connectivity index (χ4v) is 5.14. The minimum absolute atomic E-state index is 0.176. The van der Waals surface area contributed by atoms with Crippen LogP contribution in [0, 0.1) is 0 Å². The van der Waals surface area contributed by atoms with E-state index in [1.165, 1.54) is 7.11 Å². The van der Waals surface area contributed by atoms with Gasteiger partial charge in [-0.3, -0.25) is 9.69 Å². The van der Waals surface area contributed by atoms with E-state index in [2.05, 4.69) is 0 Å². The molecule has 0 N–H and O–H groups in total. The standard InChI is InChI=1S/C32H36N2O4/c1-31(2,3)38-30(36)34(22-23-16-10-7-11-17-23)27(25-20-14-9-15-21-25)32(37-6)28(33(4)5)26(29(32)35)24-18-12-8-13-19-24/h7-21,27H,22H2,1-6H3/t27-,32-/m0/s1. The Morgan fingerprint density at radius 1 is 0.868 bits per heavy atom. The molecule has 1 aliphatic carbocycles. The molecule has 0 saturated heterocycles. The maximum absolute atomic E-state index is 14.3. The number of ether oxygens (including phenoxy) is 2. The summed E-state index contributed by atoms with van der Waals surface area (Å²) in [6.07, 6.45) is -0.523. The van der Waals surface area contributed by atoms with Crippen LogP contribution in [0.4, 0.5) is 4.79 Å². The van der Waals surface area contributed by atoms with Crippen LogP contribution in [0.25, 0.3) is 5.57 Å². The maximum atomic E-state index is 14.3. The molecule has 6 heteroatoms. The number of methoxy groups -OCH3 is 1. The van der Waals surface area contributed by atoms with Crippen molar-refractivity contribution in [2.45, 2.75) is 44.6 Å². The number of carbonyl (C=O) groups excluding carboxylic acids is 2. The third-order valence-electron chi connectivity index (χ3n) is 6.62. The Labute approximate surface area is 225 Å². The molecule has 0 fully saturated rings. The van der Waals surface area contributed by atoms with Crippen molar-refractivity contribution < 1.29 is 19.1 Å². The number of hydrogen-bond acceptors (Lipinski definition) is 5. The quantitative estimate of drug-likeness (QED) is 0.365. The maximum Gasteiger partial charge on any atom is 0.411 e. The first-order chi connectivity index (χ1) is 18.1. The molecule has 1 amide bonds. The number of nitrogens with zero attached hydrogens (tertiary/aromatic N) is 2. The molecule has 0 bridgehead atoms. The zero-order chi connectivity index (χ0) is 27.5. The molecular weight excluding hydrogens is 476 g/mol. The average molecular weight is 513 g/mol. The first kappa shape index (κ1) is 27.1. The lowest BCUT2D eigenvalue weighted by molar-refractivity contribution is -0.146. The van der Waals surface area contributed by atoms with Gasteiger partial charge in [-0.1, -0.05) is 91.0 Å². The number of likely N-dealkylation sites (N-methyl/N-ethyl adjacent to an activating group) is 1. The number of ketones is 1. The summed E-state index contributed by atoms with van der Waals surface area (Å²) < 4.78 is 12.1. The molecule has 38 heavy (non-hydrogen) atoms. The van der Waals surface area contributed by atoms with Gasteiger partial charge in [-0.2, -0.15) is 0 Å². The largest absolute Gasteiger partial charge is 0.444 e. The summed E-state index contributed by atoms with van der Waals surface area (Å²) in [4.78, 5) is 31.8. The molecule has 0 aromatic heterocycles. The normalized spacial score (nSPS) is 18.0. The van der Waals surface area contributed by atoms with Crippen LogP contribution in [0.2, 0.25) is 0 Å². The fraction of sp³-hybridized carbons (Fsp3) is 0.312. The van der Waals surface area contributed by atoms with Gasteiger partial charge in [-0.25, -0.2) is 4.79 Å². The van der Waals surface area contributed by atoms with Crippen molar-refractivity contribution in [3.63, 3.8) is 0 Å². The molecule has 3 aromatic rings. The van der Waals surface area contributed by atoms with Crippen LogP contribution in [-0.4, -0.2) is 54.1 Å². The Morgan fingerprint density at radius 2 is 1.39 bits per heavy atom. The van der Waals surface area contributed by atoms with E-state index in [1.807, 2.05) is 131 Å². The van der Waals surface area contributed by atoms with E-state index in [0.29, 0.717) is 11.3 Å². The molecule has 1 aliphatic rings. The average Bonchev–Trinajstić information content (AvgIpc) is 2.89. The van der Waals surface area contributed by atoms with Crippen molar-refractivity contribution >= 4 is 17.4 Å². The summed E-state index contributed by atoms with van der Waals surface area (Å²) in [5.74, 6) is -0.176. The second-order valence-electron chi connectivity index (χ2n) is 10.7. The van der Waals surface area contributed by atoms with Crippen LogP contribution in [0.5, 0.6) is 0 Å². The lowest BCUT2D eigenvalue weighted by Crippen LogP contribution is -2.63. The highest BCUT2D eigenvalue weighted by Gasteiger charge is 2.63. The Hall–Kier alpha value is -3.90. The Kier molecular flexibility index (Phi) is 7.74. The van der Waals surface area contributed by atoms with Gasteiger partial charge in [0.05, 0.1) is 11.3 Å². The fourth-order valence-electron chi connectivity index (χ4n) is 5.14. The van der Waals surface area contributed by atoms with Gasteiger partial charge < -0.3 is 14.4 Å². The Bertz CT molecular complexity index is 1300. The summed E-state index contributed by atoms with van der Waals surface area (Å²) in [5.41, 5.74) is 1.63. The summed E-state index contributed by atoms with van der Waals surface area (Å²) in [5, 5.41) is 0. The number of rotatable bonds is 8. The predicted octanol–water partition coefficient (Wildman–Crippen LogP) is 6.11. The van der Waals surface area contributed by atoms with Crippen molar-refractivity contribution in [2.75, 3.05) is 21.2 Å². The van der Waals surface area contributed by atoms with Crippen LogP contribution in [0.15, 0.2) is 96.7 Å². The highest BCUT2D eigenvalue weighted by molar-refractivity contribution is 6.34. The molecule has 0 saturated carbocycles. The zero-order valence-electron chi connectivity index (χ0n) is 23.0. The van der Waals surface area contributed by atoms with Crippen molar-refractivity contribution in [3.05, 3.63) is 113 Å². The van der Waals surface area contributed by atoms with E-state index in [1.54, 1.807) is 4.90 Å². The highest BCUT2D eigenvalue weighted by atomic mass is 16.6. The monoisotopic (exact) mass is 512 g/mol. The number of amides is 1.